The molecule has 0 radical (unpaired) electrons. The van der Waals surface area contributed by atoms with Crippen molar-refractivity contribution < 1.29 is 68.6 Å². The molecular weight excluding hydrogens is 444 g/mol. The van der Waals surface area contributed by atoms with Crippen molar-refractivity contribution in [3.05, 3.63) is 0 Å². The molecule has 0 aromatic carbocycles. The van der Waals surface area contributed by atoms with E-state index in [4.69, 9.17) is 35.7 Å². The molecule has 0 spiro atoms. The summed E-state index contributed by atoms with van der Waals surface area (Å²) < 4.78 is 67.2. The number of hydrogen-bond acceptors (Lipinski definition) is 8. The molecule has 0 aromatic heterocycles. The molecule has 0 aromatic rings. The van der Waals surface area contributed by atoms with Crippen LogP contribution in [0.15, 0.2) is 0 Å². The van der Waals surface area contributed by atoms with Crippen molar-refractivity contribution in [3.63, 3.8) is 0 Å². The van der Waals surface area contributed by atoms with Crippen LogP contribution in [0.4, 0.5) is 0 Å². The van der Waals surface area contributed by atoms with E-state index >= 15 is 0 Å². The molecule has 0 unspecified atom stereocenters. The van der Waals surface area contributed by atoms with Gasteiger partial charge in [0, 0.05) is 0 Å². The van der Waals surface area contributed by atoms with Gasteiger partial charge in [-0.2, -0.15) is 0 Å². The Hall–Kier alpha value is 1.16. The molecule has 22 heavy (non-hydrogen) atoms. The maximum Gasteiger partial charge on any atom is 3.00 e. The topological polar surface area (TPSA) is 308 Å². The van der Waals surface area contributed by atoms with Gasteiger partial charge in [0.05, 0.1) is 0 Å². The summed E-state index contributed by atoms with van der Waals surface area (Å²) in [4.78, 5) is 0. The average Bonchev–Trinajstić information content (AvgIpc) is 1.92. The third kappa shape index (κ3) is 6420. The van der Waals surface area contributed by atoms with Gasteiger partial charge in [0.25, 0.3) is 0 Å². The first-order chi connectivity index (χ1) is 5.66. The van der Waals surface area contributed by atoms with Crippen molar-refractivity contribution in [2.24, 2.45) is 0 Å². The first kappa shape index (κ1) is 136. The van der Waals surface area contributed by atoms with Crippen molar-refractivity contribution in [1.82, 2.24) is 0 Å². The third-order valence-corrected chi connectivity index (χ3v) is 0. The van der Waals surface area contributed by atoms with Crippen LogP contribution in [0, 0.1) is 0 Å². The maximum absolute atomic E-state index is 8.40. The van der Waals surface area contributed by atoms with Crippen LogP contribution in [0.5, 0.6) is 0 Å². The van der Waals surface area contributed by atoms with E-state index in [0.717, 1.165) is 0 Å². The Morgan fingerprint density at radius 2 is 0.273 bits per heavy atom. The molecule has 0 aliphatic carbocycles. The molecule has 0 atom stereocenters. The molecule has 0 saturated heterocycles. The van der Waals surface area contributed by atoms with Gasteiger partial charge in [-0.15, -0.1) is 0 Å². The van der Waals surface area contributed by atoms with E-state index in [1.807, 2.05) is 0 Å². The molecule has 0 fully saturated rings. The van der Waals surface area contributed by atoms with Crippen molar-refractivity contribution >= 4 is 107 Å². The van der Waals surface area contributed by atoms with Gasteiger partial charge in [-0.3, -0.25) is 35.7 Å². The summed E-state index contributed by atoms with van der Waals surface area (Å²) in [5.74, 6) is 0. The molecule has 0 aliphatic heterocycles. The molecule has 14 nitrogen and oxygen atoms in total. The van der Waals surface area contributed by atoms with Crippen molar-refractivity contribution in [3.8, 4) is 0 Å². The van der Waals surface area contributed by atoms with Crippen molar-refractivity contribution in [1.29, 1.82) is 0 Å². The summed E-state index contributed by atoms with van der Waals surface area (Å²) >= 11 is 0. The molecule has 0 heterocycles. The minimum absolute atomic E-state index is 0. The average molecular weight is 444 g/mol. The fourth-order valence-corrected chi connectivity index (χ4v) is 0. The molecular formula is Al4O14Si4. The zero-order chi connectivity index (χ0) is 10.8. The minimum Gasteiger partial charge on any atom is -2.00 e. The van der Waals surface area contributed by atoms with Gasteiger partial charge in [0.15, 0.2) is 0 Å². The van der Waals surface area contributed by atoms with Crippen LogP contribution in [0.2, 0.25) is 0 Å². The summed E-state index contributed by atoms with van der Waals surface area (Å²) in [7, 11) is -5.67. The summed E-state index contributed by atoms with van der Waals surface area (Å²) in [5.41, 5.74) is 0. The van der Waals surface area contributed by atoms with Crippen LogP contribution in [0.25, 0.3) is 0 Å². The monoisotopic (exact) mass is 444 g/mol. The van der Waals surface area contributed by atoms with Gasteiger partial charge < -0.3 is 32.9 Å². The van der Waals surface area contributed by atoms with E-state index in [1.54, 1.807) is 0 Å². The van der Waals surface area contributed by atoms with Crippen LogP contribution in [0.1, 0.15) is 0 Å². The summed E-state index contributed by atoms with van der Waals surface area (Å²) in [5, 5.41) is 0. The Kier molecular flexibility index (Phi) is 2300. The second-order valence-electron chi connectivity index (χ2n) is 0.333. The molecule has 0 bridgehead atoms. The van der Waals surface area contributed by atoms with Crippen LogP contribution in [-0.2, 0) is 68.6 Å². The van der Waals surface area contributed by atoms with Gasteiger partial charge in [-0.05, 0) is 0 Å². The van der Waals surface area contributed by atoms with Gasteiger partial charge in [-0.25, -0.2) is 0 Å². The molecule has 0 aliphatic rings. The van der Waals surface area contributed by atoms with Gasteiger partial charge in [-0.1, -0.05) is 0 Å². The van der Waals surface area contributed by atoms with E-state index in [9.17, 15) is 0 Å². The fourth-order valence-electron chi connectivity index (χ4n) is 0. The smallest absolute Gasteiger partial charge is 2.00 e. The summed E-state index contributed by atoms with van der Waals surface area (Å²) in [6.45, 7) is 0. The maximum atomic E-state index is 8.40. The van der Waals surface area contributed by atoms with Crippen LogP contribution >= 0.6 is 0 Å². The molecule has 112 valence electrons. The molecule has 0 saturated carbocycles. The van der Waals surface area contributed by atoms with Crippen LogP contribution < -0.4 is 0 Å². The van der Waals surface area contributed by atoms with Crippen LogP contribution in [-0.4, -0.2) is 107 Å². The van der Waals surface area contributed by atoms with Crippen molar-refractivity contribution in [2.75, 3.05) is 0 Å². The summed E-state index contributed by atoms with van der Waals surface area (Å²) in [6.07, 6.45) is 0. The third-order valence-electron chi connectivity index (χ3n) is 0. The Morgan fingerprint density at radius 1 is 0.273 bits per heavy atom. The minimum atomic E-state index is -1.42. The zero-order valence-corrected chi connectivity index (χ0v) is 18.6. The van der Waals surface area contributed by atoms with E-state index in [-0.39, 0.29) is 102 Å². The molecule has 0 N–H and O–H groups in total. The molecule has 0 amide bonds. The normalized spacial score (nSPS) is 1.45. The van der Waals surface area contributed by atoms with E-state index in [0.29, 0.717) is 0 Å². The quantitative estimate of drug-likeness (QED) is 0.326. The number of hydrogen-bond donors (Lipinski definition) is 0. The first-order valence-electron chi connectivity index (χ1n) is 1.63. The van der Waals surface area contributed by atoms with Gasteiger partial charge >= 0.3 is 107 Å². The van der Waals surface area contributed by atoms with E-state index in [2.05, 4.69) is 0 Å². The second-order valence-corrected chi connectivity index (χ2v) is 1.00. The van der Waals surface area contributed by atoms with Crippen molar-refractivity contribution in [2.45, 2.75) is 0 Å². The standard InChI is InChI=1S/4Al.4O2Si.6O/c;;;;4*1-3-2;;;;;;/q4*+3;;;;;6*-2. The zero-order valence-electron chi connectivity index (χ0n) is 10.0. The summed E-state index contributed by atoms with van der Waals surface area (Å²) in [6, 6.07) is 0. The molecule has 22 heteroatoms. The number of rotatable bonds is 0. The predicted molar refractivity (Wildman–Crippen MR) is 55.6 cm³/mol. The van der Waals surface area contributed by atoms with E-state index in [1.165, 1.54) is 0 Å². The Labute approximate surface area is 174 Å². The van der Waals surface area contributed by atoms with Gasteiger partial charge in [0.1, 0.15) is 0 Å². The van der Waals surface area contributed by atoms with Crippen LogP contribution in [0.3, 0.4) is 0 Å². The SMILES string of the molecule is O=[Si]=O.O=[Si]=O.O=[Si]=O.O=[Si]=O.[Al+3].[Al+3].[Al+3].[Al+3].[O-2].[O-2].[O-2].[O-2].[O-2].[O-2]. The predicted octanol–water partition coefficient (Wildman–Crippen LogP) is -4.71. The Bertz CT molecular complexity index is 161. The second kappa shape index (κ2) is 373. The Morgan fingerprint density at radius 3 is 0.273 bits per heavy atom. The fraction of sp³-hybridized carbons (Fsp3) is 0. The Balaban J connectivity index is -0.00000000281. The molecule has 0 rings (SSSR count). The van der Waals surface area contributed by atoms with E-state index < -0.39 is 37.2 Å². The largest absolute Gasteiger partial charge is 3.00 e. The van der Waals surface area contributed by atoms with Gasteiger partial charge in [0.2, 0.25) is 0 Å². The first-order valence-corrected chi connectivity index (χ1v) is 4.90.